The third-order valence-corrected chi connectivity index (χ3v) is 8.06. The molecule has 0 spiro atoms. The normalized spacial score (nSPS) is 37.2. The van der Waals surface area contributed by atoms with Crippen LogP contribution in [0.5, 0.6) is 5.75 Å². The van der Waals surface area contributed by atoms with Crippen LogP contribution in [0.15, 0.2) is 29.3 Å². The van der Waals surface area contributed by atoms with Gasteiger partial charge in [0, 0.05) is 5.41 Å². The molecule has 0 bridgehead atoms. The Morgan fingerprint density at radius 2 is 1.83 bits per heavy atom. The number of fused-ring (bicyclic) bond motifs is 5. The number of aryl methyl sites for hydroxylation is 1. The number of benzene rings is 1. The molecule has 3 aliphatic carbocycles. The molecular formula is C21H22ClF5O2. The van der Waals surface area contributed by atoms with Crippen LogP contribution >= 0.6 is 11.6 Å². The Balaban J connectivity index is 1.79. The maximum absolute atomic E-state index is 14.6. The van der Waals surface area contributed by atoms with Gasteiger partial charge in [0.1, 0.15) is 5.75 Å². The number of rotatable bonds is 1. The third kappa shape index (κ3) is 2.62. The van der Waals surface area contributed by atoms with Gasteiger partial charge in [-0.3, -0.25) is 0 Å². The topological polar surface area (TPSA) is 40.5 Å². The molecule has 0 aromatic heterocycles. The minimum atomic E-state index is -5.92. The van der Waals surface area contributed by atoms with Crippen molar-refractivity contribution in [2.75, 3.05) is 0 Å². The van der Waals surface area contributed by atoms with Crippen LogP contribution in [0.2, 0.25) is 0 Å². The smallest absolute Gasteiger partial charge is 0.456 e. The summed E-state index contributed by atoms with van der Waals surface area (Å²) in [6.07, 6.45) is -2.97. The zero-order chi connectivity index (χ0) is 21.4. The molecule has 3 aliphatic rings. The van der Waals surface area contributed by atoms with Crippen LogP contribution in [0.4, 0.5) is 22.0 Å². The fourth-order valence-corrected chi connectivity index (χ4v) is 6.56. The van der Waals surface area contributed by atoms with Gasteiger partial charge >= 0.3 is 12.1 Å². The lowest BCUT2D eigenvalue weighted by Gasteiger charge is -2.60. The van der Waals surface area contributed by atoms with Gasteiger partial charge in [0.2, 0.25) is 0 Å². The number of phenolic OH excluding ortho intramolecular Hbond substituents is 1. The number of allylic oxidation sites excluding steroid dienone is 1. The molecule has 160 valence electrons. The average Bonchev–Trinajstić information content (AvgIpc) is 2.63. The Morgan fingerprint density at radius 3 is 2.48 bits per heavy atom. The predicted molar refractivity (Wildman–Crippen MR) is 98.0 cm³/mol. The third-order valence-electron chi connectivity index (χ3n) is 7.63. The Kier molecular flexibility index (Phi) is 4.57. The van der Waals surface area contributed by atoms with Crippen LogP contribution in [0.1, 0.15) is 49.7 Å². The second kappa shape index (κ2) is 6.33. The van der Waals surface area contributed by atoms with Crippen LogP contribution in [-0.2, 0) is 6.42 Å². The van der Waals surface area contributed by atoms with Gasteiger partial charge in [-0.25, -0.2) is 0 Å². The molecule has 2 N–H and O–H groups in total. The predicted octanol–water partition coefficient (Wildman–Crippen LogP) is 5.91. The maximum atomic E-state index is 14.6. The molecule has 1 aromatic carbocycles. The van der Waals surface area contributed by atoms with Gasteiger partial charge in [0.25, 0.3) is 0 Å². The quantitative estimate of drug-likeness (QED) is 0.537. The van der Waals surface area contributed by atoms with Gasteiger partial charge in [-0.2, -0.15) is 22.0 Å². The Labute approximate surface area is 170 Å². The number of aliphatic hydroxyl groups is 1. The number of aromatic hydroxyl groups is 1. The van der Waals surface area contributed by atoms with Crippen molar-refractivity contribution in [2.24, 2.45) is 17.3 Å². The molecule has 29 heavy (non-hydrogen) atoms. The number of hydrogen-bond donors (Lipinski definition) is 2. The number of alkyl halides is 5. The number of phenols is 1. The van der Waals surface area contributed by atoms with Gasteiger partial charge in [-0.15, -0.1) is 0 Å². The largest absolute Gasteiger partial charge is 0.508 e. The summed E-state index contributed by atoms with van der Waals surface area (Å²) in [5.74, 6) is -5.95. The van der Waals surface area contributed by atoms with Crippen molar-refractivity contribution >= 4 is 11.6 Å². The van der Waals surface area contributed by atoms with E-state index in [9.17, 15) is 32.2 Å². The minimum Gasteiger partial charge on any atom is -0.508 e. The van der Waals surface area contributed by atoms with E-state index in [-0.39, 0.29) is 30.4 Å². The molecular weight excluding hydrogens is 415 g/mol. The van der Waals surface area contributed by atoms with E-state index in [1.807, 2.05) is 6.07 Å². The first-order valence-electron chi connectivity index (χ1n) is 9.69. The molecule has 4 rings (SSSR count). The first-order chi connectivity index (χ1) is 13.3. The fourth-order valence-electron chi connectivity index (χ4n) is 6.14. The summed E-state index contributed by atoms with van der Waals surface area (Å²) in [5, 5.41) is 19.9. The Bertz CT molecular complexity index is 867. The van der Waals surface area contributed by atoms with Gasteiger partial charge in [-0.1, -0.05) is 30.7 Å². The highest BCUT2D eigenvalue weighted by molar-refractivity contribution is 6.31. The molecule has 2 nitrogen and oxygen atoms in total. The van der Waals surface area contributed by atoms with Gasteiger partial charge in [-0.05, 0) is 73.1 Å². The van der Waals surface area contributed by atoms with Crippen molar-refractivity contribution in [3.8, 4) is 5.75 Å². The molecule has 1 unspecified atom stereocenters. The number of hydrogen-bond acceptors (Lipinski definition) is 2. The van der Waals surface area contributed by atoms with Crippen LogP contribution in [-0.4, -0.2) is 27.9 Å². The second-order valence-electron chi connectivity index (χ2n) is 8.83. The second-order valence-corrected chi connectivity index (χ2v) is 9.23. The standard InChI is InChI=1S/C21H22ClF5O2/c1-18-9-8-14-13-5-3-12(28)10-11(13)2-4-15(14)16(18)6-7-17(22)19(18,29)20(23,24)21(25,26)27/h3,5,7,10,14-16,28-29H,2,4,6,8-9H2,1H3/t14-,15-,16+,18+,19?/m1/s1. The molecule has 1 saturated carbocycles. The minimum absolute atomic E-state index is 0.00791. The van der Waals surface area contributed by atoms with E-state index in [4.69, 9.17) is 11.6 Å². The van der Waals surface area contributed by atoms with E-state index < -0.39 is 34.1 Å². The summed E-state index contributed by atoms with van der Waals surface area (Å²) in [4.78, 5) is 0. The zero-order valence-corrected chi connectivity index (χ0v) is 16.5. The molecule has 1 aromatic rings. The van der Waals surface area contributed by atoms with Gasteiger partial charge in [0.05, 0.1) is 5.03 Å². The first kappa shape index (κ1) is 20.9. The lowest BCUT2D eigenvalue weighted by atomic mass is 9.47. The molecule has 1 fully saturated rings. The maximum Gasteiger partial charge on any atom is 0.456 e. The molecule has 8 heteroatoms. The lowest BCUT2D eigenvalue weighted by molar-refractivity contribution is -0.361. The summed E-state index contributed by atoms with van der Waals surface area (Å²) < 4.78 is 69.2. The van der Waals surface area contributed by atoms with E-state index in [0.29, 0.717) is 19.3 Å². The van der Waals surface area contributed by atoms with Crippen molar-refractivity contribution < 1.29 is 32.2 Å². The highest BCUT2D eigenvalue weighted by atomic mass is 35.5. The zero-order valence-electron chi connectivity index (χ0n) is 15.7. The summed E-state index contributed by atoms with van der Waals surface area (Å²) >= 11 is 5.90. The summed E-state index contributed by atoms with van der Waals surface area (Å²) in [6, 6.07) is 5.07. The monoisotopic (exact) mass is 436 g/mol. The van der Waals surface area contributed by atoms with Crippen molar-refractivity contribution in [1.82, 2.24) is 0 Å². The summed E-state index contributed by atoms with van der Waals surface area (Å²) in [7, 11) is 0. The van der Waals surface area contributed by atoms with E-state index >= 15 is 0 Å². The van der Waals surface area contributed by atoms with Crippen LogP contribution in [0.25, 0.3) is 0 Å². The fraction of sp³-hybridized carbons (Fsp3) is 0.619. The molecule has 5 atom stereocenters. The van der Waals surface area contributed by atoms with Crippen molar-refractivity contribution in [1.29, 1.82) is 0 Å². The summed E-state index contributed by atoms with van der Waals surface area (Å²) in [6.45, 7) is 1.33. The van der Waals surface area contributed by atoms with Crippen molar-refractivity contribution in [2.45, 2.75) is 62.6 Å². The Hall–Kier alpha value is -1.34. The number of halogens is 6. The van der Waals surface area contributed by atoms with E-state index in [1.54, 1.807) is 12.1 Å². The van der Waals surface area contributed by atoms with Crippen LogP contribution in [0.3, 0.4) is 0 Å². The van der Waals surface area contributed by atoms with E-state index in [2.05, 4.69) is 0 Å². The SMILES string of the molecule is C[C@]12CC[C@@H]3c4ccc(O)cc4CC[C@H]3[C@@H]1CC=C(Cl)C2(O)C(F)(F)C(F)(F)F. The van der Waals surface area contributed by atoms with Gasteiger partial charge < -0.3 is 10.2 Å². The van der Waals surface area contributed by atoms with Crippen LogP contribution in [0, 0.1) is 17.3 Å². The highest BCUT2D eigenvalue weighted by Crippen LogP contribution is 2.67. The lowest BCUT2D eigenvalue weighted by Crippen LogP contribution is -2.69. The molecule has 0 amide bonds. The van der Waals surface area contributed by atoms with Gasteiger partial charge in [0.15, 0.2) is 5.60 Å². The molecule has 0 heterocycles. The molecule has 0 aliphatic heterocycles. The summed E-state index contributed by atoms with van der Waals surface area (Å²) in [5.41, 5.74) is -3.22. The molecule has 0 saturated heterocycles. The van der Waals surface area contributed by atoms with Crippen molar-refractivity contribution in [3.63, 3.8) is 0 Å². The van der Waals surface area contributed by atoms with Crippen molar-refractivity contribution in [3.05, 3.63) is 40.4 Å². The highest BCUT2D eigenvalue weighted by Gasteiger charge is 2.78. The van der Waals surface area contributed by atoms with E-state index in [1.165, 1.54) is 6.92 Å². The van der Waals surface area contributed by atoms with Crippen LogP contribution < -0.4 is 0 Å². The van der Waals surface area contributed by atoms with E-state index in [0.717, 1.165) is 17.2 Å². The first-order valence-corrected chi connectivity index (χ1v) is 10.1. The molecule has 0 radical (unpaired) electrons. The average molecular weight is 437 g/mol. The Morgan fingerprint density at radius 1 is 1.14 bits per heavy atom.